The molecular formula is C52H42CaCl2N6O12S2. The number of amides is 1. The predicted molar refractivity (Wildman–Crippen MR) is 285 cm³/mol. The number of fused-ring (bicyclic) bond motifs is 2. The molecule has 0 radical (unpaired) electrons. The van der Waals surface area contributed by atoms with Crippen LogP contribution in [0.5, 0.6) is 23.0 Å². The number of aliphatic imine (C=N–C) groups is 1. The van der Waals surface area contributed by atoms with E-state index in [9.17, 15) is 46.1 Å². The Morgan fingerprint density at radius 1 is 0.613 bits per heavy atom. The number of hydrogen-bond acceptors (Lipinski definition) is 15. The molecule has 0 aliphatic heterocycles. The van der Waals surface area contributed by atoms with Crippen LogP contribution in [0.3, 0.4) is 0 Å². The minimum Gasteiger partial charge on any atom is -0.871 e. The smallest absolute Gasteiger partial charge is 0.871 e. The number of benzene rings is 8. The molecule has 75 heavy (non-hydrogen) atoms. The second-order valence-corrected chi connectivity index (χ2v) is 19.4. The number of azo groups is 2. The summed E-state index contributed by atoms with van der Waals surface area (Å²) in [5, 5.41) is 58.7. The molecule has 0 unspecified atom stereocenters. The van der Waals surface area contributed by atoms with E-state index in [2.05, 4.69) is 30.8 Å². The van der Waals surface area contributed by atoms with Crippen molar-refractivity contribution in [2.45, 2.75) is 36.5 Å². The zero-order valence-electron chi connectivity index (χ0n) is 40.1. The summed E-state index contributed by atoms with van der Waals surface area (Å²) < 4.78 is 77.0. The van der Waals surface area contributed by atoms with Gasteiger partial charge in [0.2, 0.25) is 0 Å². The van der Waals surface area contributed by atoms with Crippen molar-refractivity contribution >= 4 is 149 Å². The molecule has 8 aromatic rings. The zero-order chi connectivity index (χ0) is 53.5. The summed E-state index contributed by atoms with van der Waals surface area (Å²) in [6.07, 6.45) is 0.600. The topological polar surface area (TPSA) is 284 Å². The van der Waals surface area contributed by atoms with Gasteiger partial charge in [-0.25, -0.2) is 0 Å². The second kappa shape index (κ2) is 24.7. The molecule has 0 bridgehead atoms. The zero-order valence-corrected chi connectivity index (χ0v) is 45.5. The fourth-order valence-corrected chi connectivity index (χ4v) is 9.59. The van der Waals surface area contributed by atoms with E-state index in [4.69, 9.17) is 32.7 Å². The predicted octanol–water partition coefficient (Wildman–Crippen LogP) is 11.5. The van der Waals surface area contributed by atoms with E-state index in [-0.39, 0.29) is 97.1 Å². The molecule has 23 heteroatoms. The normalized spacial score (nSPS) is 11.9. The van der Waals surface area contributed by atoms with Gasteiger partial charge >= 0.3 is 37.7 Å². The number of aromatic hydroxyl groups is 1. The van der Waals surface area contributed by atoms with Crippen molar-refractivity contribution in [2.75, 3.05) is 19.5 Å². The van der Waals surface area contributed by atoms with Gasteiger partial charge in [-0.3, -0.25) is 18.9 Å². The average Bonchev–Trinajstić information content (AvgIpc) is 3.38. The van der Waals surface area contributed by atoms with E-state index in [1.165, 1.54) is 38.5 Å². The van der Waals surface area contributed by atoms with Crippen molar-refractivity contribution in [2.24, 2.45) is 25.4 Å². The summed E-state index contributed by atoms with van der Waals surface area (Å²) in [4.78, 5) is 16.5. The van der Waals surface area contributed by atoms with Crippen LogP contribution in [0.4, 0.5) is 34.1 Å². The van der Waals surface area contributed by atoms with Crippen LogP contribution in [0.2, 0.25) is 10.0 Å². The minimum absolute atomic E-state index is 0. The summed E-state index contributed by atoms with van der Waals surface area (Å²) in [6, 6.07) is 35.0. The number of nitrogens with zero attached hydrogens (tertiary/aromatic N) is 5. The molecule has 0 fully saturated rings. The van der Waals surface area contributed by atoms with Crippen molar-refractivity contribution in [1.29, 1.82) is 0 Å². The number of ether oxygens (including phenoxy) is 2. The van der Waals surface area contributed by atoms with Crippen molar-refractivity contribution in [1.82, 2.24) is 0 Å². The monoisotopic (exact) mass is 1120 g/mol. The number of nitrogens with one attached hydrogen (secondary N) is 1. The Balaban J connectivity index is 0.000000241. The minimum atomic E-state index is -4.55. The number of methoxy groups -OCH3 is 2. The summed E-state index contributed by atoms with van der Waals surface area (Å²) in [6.45, 7) is 3.42. The van der Waals surface area contributed by atoms with E-state index in [1.54, 1.807) is 111 Å². The number of carbonyl (C=O) groups excluding carboxylic acids is 1. The molecule has 0 aliphatic rings. The molecule has 18 nitrogen and oxygen atoms in total. The third-order valence-corrected chi connectivity index (χ3v) is 13.7. The summed E-state index contributed by atoms with van der Waals surface area (Å²) in [5.74, 6) is -1.76. The Morgan fingerprint density at radius 2 is 1.07 bits per heavy atom. The number of anilines is 1. The molecule has 0 saturated heterocycles. The molecule has 0 atom stereocenters. The molecule has 0 spiro atoms. The number of aryl methyl sites for hydroxylation is 2. The molecular weight excluding hydrogens is 1080 g/mol. The van der Waals surface area contributed by atoms with Gasteiger partial charge in [0, 0.05) is 10.8 Å². The maximum atomic E-state index is 13.4. The fourth-order valence-electron chi connectivity index (χ4n) is 7.55. The molecule has 0 saturated carbocycles. The van der Waals surface area contributed by atoms with Gasteiger partial charge in [-0.15, -0.1) is 15.3 Å². The van der Waals surface area contributed by atoms with Gasteiger partial charge in [-0.2, -0.15) is 21.9 Å². The fraction of sp³-hybridized carbons (Fsp3) is 0.115. The van der Waals surface area contributed by atoms with Crippen LogP contribution in [0.25, 0.3) is 21.5 Å². The van der Waals surface area contributed by atoms with E-state index in [0.717, 1.165) is 12.1 Å². The van der Waals surface area contributed by atoms with Gasteiger partial charge in [-0.1, -0.05) is 116 Å². The SMILES string of the molecule is CCc1cc(Cl)c(N=Nc2c(O)c(C(=O)Nc3ccccc3OC)cc3ccccc23)cc1S(=O)(=O)O.CCc1cc(Cl)c(N=Nc2c([O-])c(C([O-])=Nc3ccccc3OC)cc3ccccc23)cc1S(=O)(=O)O.[Ca+2]. The van der Waals surface area contributed by atoms with Crippen LogP contribution >= 0.6 is 23.2 Å². The van der Waals surface area contributed by atoms with Crippen LogP contribution in [0, 0.1) is 0 Å². The third kappa shape index (κ3) is 13.2. The van der Waals surface area contributed by atoms with Gasteiger partial charge in [0.25, 0.3) is 26.1 Å². The molecule has 0 heterocycles. The molecule has 4 N–H and O–H groups in total. The molecule has 0 aliphatic carbocycles. The number of phenols is 1. The van der Waals surface area contributed by atoms with Gasteiger partial charge < -0.3 is 30.1 Å². The van der Waals surface area contributed by atoms with Crippen LogP contribution in [-0.2, 0) is 33.1 Å². The number of rotatable bonds is 14. The number of halogens is 2. The third-order valence-electron chi connectivity index (χ3n) is 11.2. The van der Waals surface area contributed by atoms with Crippen LogP contribution in [-0.4, -0.2) is 94.8 Å². The first-order valence-electron chi connectivity index (χ1n) is 22.0. The largest absolute Gasteiger partial charge is 2.00 e. The van der Waals surface area contributed by atoms with Crippen molar-refractivity contribution in [3.8, 4) is 23.0 Å². The average molecular weight is 1120 g/mol. The quantitative estimate of drug-likeness (QED) is 0.0260. The Labute approximate surface area is 470 Å². The van der Waals surface area contributed by atoms with Crippen LogP contribution in [0.1, 0.15) is 40.9 Å². The van der Waals surface area contributed by atoms with E-state index in [1.807, 2.05) is 0 Å². The number of hydrogen-bond donors (Lipinski definition) is 4. The molecule has 380 valence electrons. The Morgan fingerprint density at radius 3 is 1.59 bits per heavy atom. The van der Waals surface area contributed by atoms with Gasteiger partial charge in [0.05, 0.1) is 51.0 Å². The van der Waals surface area contributed by atoms with Crippen molar-refractivity contribution in [3.63, 3.8) is 0 Å². The Hall–Kier alpha value is -6.72. The summed E-state index contributed by atoms with van der Waals surface area (Å²) in [5.41, 5.74) is 0.686. The first kappa shape index (κ1) is 57.6. The number of carbonyl (C=O) groups is 1. The van der Waals surface area contributed by atoms with Crippen molar-refractivity contribution < 1.29 is 55.5 Å². The van der Waals surface area contributed by atoms with Gasteiger partial charge in [0.1, 0.15) is 34.2 Å². The van der Waals surface area contributed by atoms with Gasteiger partial charge in [0.15, 0.2) is 5.75 Å². The Bertz CT molecular complexity index is 3830. The van der Waals surface area contributed by atoms with E-state index >= 15 is 0 Å². The number of para-hydroxylation sites is 4. The first-order chi connectivity index (χ1) is 35.3. The molecule has 8 rings (SSSR count). The van der Waals surface area contributed by atoms with Gasteiger partial charge in [-0.05, 0) is 107 Å². The summed E-state index contributed by atoms with van der Waals surface area (Å²) in [7, 11) is -6.17. The van der Waals surface area contributed by atoms with Crippen molar-refractivity contribution in [3.05, 3.63) is 166 Å². The molecule has 1 amide bonds. The maximum Gasteiger partial charge on any atom is 2.00 e. The van der Waals surface area contributed by atoms with E-state index < -0.39 is 43.5 Å². The summed E-state index contributed by atoms with van der Waals surface area (Å²) >= 11 is 12.6. The van der Waals surface area contributed by atoms with Crippen LogP contribution < -0.4 is 25.0 Å². The Kier molecular flexibility index (Phi) is 19.0. The number of phenolic OH excluding ortho intramolecular Hbond substituents is 1. The first-order valence-corrected chi connectivity index (χ1v) is 25.7. The van der Waals surface area contributed by atoms with E-state index in [0.29, 0.717) is 62.7 Å². The molecule has 8 aromatic carbocycles. The van der Waals surface area contributed by atoms with Crippen LogP contribution in [0.15, 0.2) is 169 Å². The molecule has 0 aromatic heterocycles. The maximum absolute atomic E-state index is 13.4. The second-order valence-electron chi connectivity index (χ2n) is 15.8. The standard InChI is InChI=1S/2C26H22ClN3O6S.Ca/c2*1-3-15-13-19(27)21(14-23(15)37(33,34)35)29-30-24-17-9-5-4-8-16(17)12-18(25(24)31)26(32)28-20-10-6-7-11-22(20)36-2;/h2*4-14,31H,3H2,1-2H3,(H,28,32)(H,33,34,35);/q;;+2/p-2.